The Labute approximate surface area is 64.6 Å². The number of hydrogen-bond acceptors (Lipinski definition) is 1. The van der Waals surface area contributed by atoms with Gasteiger partial charge in [0.1, 0.15) is 0 Å². The highest BCUT2D eigenvalue weighted by Crippen LogP contribution is 2.26. The molecule has 12 heavy (non-hydrogen) atoms. The fourth-order valence-corrected chi connectivity index (χ4v) is 0.644. The van der Waals surface area contributed by atoms with E-state index >= 15 is 0 Å². The van der Waals surface area contributed by atoms with E-state index in [0.717, 1.165) is 0 Å². The van der Waals surface area contributed by atoms with E-state index in [1.54, 1.807) is 0 Å². The molecule has 0 radical (unpaired) electrons. The molecular formula is C6H3F4NO. The molecule has 0 aromatic rings. The van der Waals surface area contributed by atoms with Gasteiger partial charge in [-0.05, 0) is 6.08 Å². The number of amides is 1. The van der Waals surface area contributed by atoms with Gasteiger partial charge >= 0.3 is 6.18 Å². The quantitative estimate of drug-likeness (QED) is 0.519. The van der Waals surface area contributed by atoms with Crippen LogP contribution in [0.15, 0.2) is 16.6 Å². The molecule has 1 aliphatic rings. The zero-order valence-corrected chi connectivity index (χ0v) is 5.60. The summed E-state index contributed by atoms with van der Waals surface area (Å²) in [6, 6.07) is 0. The largest absolute Gasteiger partial charge is 0.417 e. The molecule has 0 N–H and O–H groups in total. The molecule has 0 bridgehead atoms. The van der Waals surface area contributed by atoms with Gasteiger partial charge < -0.3 is 0 Å². The van der Waals surface area contributed by atoms with Gasteiger partial charge in [0.05, 0.1) is 5.57 Å². The van der Waals surface area contributed by atoms with Crippen LogP contribution in [0.3, 0.4) is 0 Å². The van der Waals surface area contributed by atoms with Crippen molar-refractivity contribution < 1.29 is 22.4 Å². The lowest BCUT2D eigenvalue weighted by Gasteiger charge is -2.10. The van der Waals surface area contributed by atoms with Crippen molar-refractivity contribution in [3.63, 3.8) is 0 Å². The van der Waals surface area contributed by atoms with Crippen molar-refractivity contribution in [2.75, 3.05) is 0 Å². The molecule has 1 atom stereocenters. The number of dihydropyridines is 1. The van der Waals surface area contributed by atoms with E-state index in [1.807, 2.05) is 0 Å². The van der Waals surface area contributed by atoms with E-state index in [4.69, 9.17) is 0 Å². The second kappa shape index (κ2) is 2.69. The Kier molecular flexibility index (Phi) is 1.99. The zero-order valence-electron chi connectivity index (χ0n) is 5.60. The summed E-state index contributed by atoms with van der Waals surface area (Å²) in [5.74, 6) is -1.21. The first kappa shape index (κ1) is 8.89. The maximum Gasteiger partial charge on any atom is 0.417 e. The zero-order chi connectivity index (χ0) is 9.35. The number of aliphatic imine (C=N–C) groups is 1. The number of carbonyl (C=O) groups excluding carboxylic acids is 1. The lowest BCUT2D eigenvalue weighted by atomic mass is 10.1. The standard InChI is InChI=1S/C6H3F4NO/c7-4-1-3(6(8,9)10)2-11-5(4)12/h1-2,4H/t4-/m0/s1. The van der Waals surface area contributed by atoms with Crippen LogP contribution in [0.1, 0.15) is 0 Å². The van der Waals surface area contributed by atoms with E-state index < -0.39 is 23.8 Å². The summed E-state index contributed by atoms with van der Waals surface area (Å²) in [6.45, 7) is 0. The van der Waals surface area contributed by atoms with Crippen LogP contribution in [0.4, 0.5) is 17.6 Å². The second-order valence-corrected chi connectivity index (χ2v) is 2.12. The Morgan fingerprint density at radius 1 is 1.42 bits per heavy atom. The van der Waals surface area contributed by atoms with Crippen LogP contribution in [-0.2, 0) is 4.79 Å². The monoisotopic (exact) mass is 181 g/mol. The fourth-order valence-electron chi connectivity index (χ4n) is 0.644. The molecular weight excluding hydrogens is 178 g/mol. The average Bonchev–Trinajstić information content (AvgIpc) is 1.92. The Hall–Kier alpha value is -1.20. The summed E-state index contributed by atoms with van der Waals surface area (Å²) in [4.78, 5) is 13.0. The van der Waals surface area contributed by atoms with Crippen molar-refractivity contribution in [1.82, 2.24) is 0 Å². The van der Waals surface area contributed by atoms with Crippen LogP contribution < -0.4 is 0 Å². The van der Waals surface area contributed by atoms with Gasteiger partial charge in [-0.2, -0.15) is 13.2 Å². The third-order valence-electron chi connectivity index (χ3n) is 1.22. The Morgan fingerprint density at radius 2 is 2.00 bits per heavy atom. The Morgan fingerprint density at radius 3 is 2.42 bits per heavy atom. The Balaban J connectivity index is 2.91. The van der Waals surface area contributed by atoms with Gasteiger partial charge in [0.2, 0.25) is 0 Å². The normalized spacial score (nSPS) is 24.2. The smallest absolute Gasteiger partial charge is 0.269 e. The maximum absolute atomic E-state index is 12.3. The van der Waals surface area contributed by atoms with Crippen LogP contribution in [0.2, 0.25) is 0 Å². The van der Waals surface area contributed by atoms with E-state index in [0.29, 0.717) is 6.21 Å². The summed E-state index contributed by atoms with van der Waals surface area (Å²) in [6.07, 6.45) is -6.39. The molecule has 0 fully saturated rings. The van der Waals surface area contributed by atoms with Crippen molar-refractivity contribution in [1.29, 1.82) is 0 Å². The minimum absolute atomic E-state index is 0.204. The maximum atomic E-state index is 12.3. The first-order valence-corrected chi connectivity index (χ1v) is 2.92. The molecule has 0 spiro atoms. The molecule has 0 aromatic heterocycles. The van der Waals surface area contributed by atoms with Gasteiger partial charge in [-0.25, -0.2) is 9.38 Å². The summed E-state index contributed by atoms with van der Waals surface area (Å²) in [7, 11) is 0. The van der Waals surface area contributed by atoms with Crippen molar-refractivity contribution in [3.05, 3.63) is 11.6 Å². The van der Waals surface area contributed by atoms with E-state index in [-0.39, 0.29) is 6.08 Å². The number of rotatable bonds is 0. The van der Waals surface area contributed by atoms with Gasteiger partial charge in [-0.15, -0.1) is 0 Å². The lowest BCUT2D eigenvalue weighted by Crippen LogP contribution is -2.22. The Bertz CT molecular complexity index is 265. The number of alkyl halides is 4. The van der Waals surface area contributed by atoms with E-state index in [2.05, 4.69) is 4.99 Å². The van der Waals surface area contributed by atoms with Gasteiger partial charge in [-0.3, -0.25) is 4.79 Å². The first-order valence-electron chi connectivity index (χ1n) is 2.92. The van der Waals surface area contributed by atoms with Gasteiger partial charge in [0.15, 0.2) is 6.17 Å². The number of carbonyl (C=O) groups is 1. The summed E-state index contributed by atoms with van der Waals surface area (Å²) in [5, 5.41) is 0. The lowest BCUT2D eigenvalue weighted by molar-refractivity contribution is -0.121. The number of allylic oxidation sites excluding steroid dienone is 1. The van der Waals surface area contributed by atoms with Crippen LogP contribution in [0.5, 0.6) is 0 Å². The van der Waals surface area contributed by atoms with Gasteiger partial charge in [-0.1, -0.05) is 0 Å². The molecule has 0 saturated heterocycles. The second-order valence-electron chi connectivity index (χ2n) is 2.12. The molecule has 1 amide bonds. The molecule has 6 heteroatoms. The number of nitrogens with zero attached hydrogens (tertiary/aromatic N) is 1. The van der Waals surface area contributed by atoms with E-state index in [9.17, 15) is 22.4 Å². The predicted molar refractivity (Wildman–Crippen MR) is 32.5 cm³/mol. The highest BCUT2D eigenvalue weighted by molar-refractivity contribution is 5.99. The molecule has 0 aromatic carbocycles. The van der Waals surface area contributed by atoms with Gasteiger partial charge in [0, 0.05) is 6.21 Å². The third kappa shape index (κ3) is 1.69. The van der Waals surface area contributed by atoms with Crippen molar-refractivity contribution in [2.24, 2.45) is 4.99 Å². The molecule has 1 heterocycles. The number of halogens is 4. The minimum Gasteiger partial charge on any atom is -0.269 e. The van der Waals surface area contributed by atoms with E-state index in [1.165, 1.54) is 0 Å². The molecule has 0 unspecified atom stereocenters. The molecule has 66 valence electrons. The van der Waals surface area contributed by atoms with Crippen LogP contribution in [0.25, 0.3) is 0 Å². The molecule has 1 aliphatic heterocycles. The van der Waals surface area contributed by atoms with Gasteiger partial charge in [0.25, 0.3) is 5.91 Å². The minimum atomic E-state index is -4.64. The van der Waals surface area contributed by atoms with Crippen molar-refractivity contribution in [2.45, 2.75) is 12.3 Å². The third-order valence-corrected chi connectivity index (χ3v) is 1.22. The highest BCUT2D eigenvalue weighted by Gasteiger charge is 2.36. The van der Waals surface area contributed by atoms with Crippen LogP contribution >= 0.6 is 0 Å². The first-order chi connectivity index (χ1) is 5.41. The fraction of sp³-hybridized carbons (Fsp3) is 0.333. The topological polar surface area (TPSA) is 29.4 Å². The molecule has 1 rings (SSSR count). The number of hydrogen-bond donors (Lipinski definition) is 0. The SMILES string of the molecule is O=C1N=CC(C(F)(F)F)=C[C@@H]1F. The predicted octanol–water partition coefficient (Wildman–Crippen LogP) is 1.42. The summed E-state index contributed by atoms with van der Waals surface area (Å²) in [5.41, 5.74) is -1.23. The van der Waals surface area contributed by atoms with Crippen molar-refractivity contribution >= 4 is 12.1 Å². The van der Waals surface area contributed by atoms with Crippen LogP contribution in [0, 0.1) is 0 Å². The summed E-state index contributed by atoms with van der Waals surface area (Å²) < 4.78 is 47.7. The highest BCUT2D eigenvalue weighted by atomic mass is 19.4. The summed E-state index contributed by atoms with van der Waals surface area (Å²) >= 11 is 0. The molecule has 0 aliphatic carbocycles. The molecule has 2 nitrogen and oxygen atoms in total. The van der Waals surface area contributed by atoms with Crippen molar-refractivity contribution in [3.8, 4) is 0 Å². The van der Waals surface area contributed by atoms with Crippen LogP contribution in [-0.4, -0.2) is 24.5 Å². The average molecular weight is 181 g/mol. The molecule has 0 saturated carbocycles.